The molecule has 3 N–H and O–H groups in total. The molecule has 0 aliphatic rings. The Morgan fingerprint density at radius 3 is 2.44 bits per heavy atom. The van der Waals surface area contributed by atoms with Crippen LogP contribution in [0.15, 0.2) is 18.2 Å². The lowest BCUT2D eigenvalue weighted by molar-refractivity contribution is -0.138. The Labute approximate surface area is 109 Å². The molecule has 0 spiro atoms. The van der Waals surface area contributed by atoms with Gasteiger partial charge in [-0.15, -0.1) is 12.4 Å². The molecule has 3 nitrogen and oxygen atoms in total. The van der Waals surface area contributed by atoms with Crippen molar-refractivity contribution in [1.82, 2.24) is 0 Å². The summed E-state index contributed by atoms with van der Waals surface area (Å²) >= 11 is 0. The van der Waals surface area contributed by atoms with Crippen molar-refractivity contribution in [2.75, 3.05) is 13.7 Å². The quantitative estimate of drug-likeness (QED) is 0.894. The van der Waals surface area contributed by atoms with E-state index < -0.39 is 17.8 Å². The van der Waals surface area contributed by atoms with Gasteiger partial charge in [-0.25, -0.2) is 0 Å². The summed E-state index contributed by atoms with van der Waals surface area (Å²) in [5.41, 5.74) is 4.74. The summed E-state index contributed by atoms with van der Waals surface area (Å²) in [5.74, 6) is 0.122. The third-order valence-corrected chi connectivity index (χ3v) is 2.41. The lowest BCUT2D eigenvalue weighted by atomic mass is 9.98. The van der Waals surface area contributed by atoms with Gasteiger partial charge in [0.1, 0.15) is 5.75 Å². The van der Waals surface area contributed by atoms with Crippen LogP contribution in [-0.2, 0) is 6.18 Å². The number of benzene rings is 1. The lowest BCUT2D eigenvalue weighted by Crippen LogP contribution is -2.18. The summed E-state index contributed by atoms with van der Waals surface area (Å²) in [6.45, 7) is -0.259. The second-order valence-corrected chi connectivity index (χ2v) is 3.57. The molecule has 0 aliphatic heterocycles. The van der Waals surface area contributed by atoms with Crippen LogP contribution >= 0.6 is 12.4 Å². The Kier molecular flexibility index (Phi) is 6.45. The maximum atomic E-state index is 12.8. The van der Waals surface area contributed by atoms with E-state index in [1.807, 2.05) is 0 Å². The number of rotatable bonds is 4. The minimum absolute atomic E-state index is 0. The van der Waals surface area contributed by atoms with Crippen LogP contribution in [0.1, 0.15) is 23.6 Å². The number of hydrogen-bond acceptors (Lipinski definition) is 3. The largest absolute Gasteiger partial charge is 0.497 e. The number of halogens is 4. The number of aliphatic hydroxyl groups is 1. The number of nitrogens with two attached hydrogens (primary N) is 1. The van der Waals surface area contributed by atoms with Crippen molar-refractivity contribution in [3.05, 3.63) is 29.3 Å². The van der Waals surface area contributed by atoms with E-state index in [1.165, 1.54) is 19.2 Å². The number of ether oxygens (including phenoxy) is 1. The molecule has 104 valence electrons. The smallest absolute Gasteiger partial charge is 0.416 e. The molecule has 0 aromatic heterocycles. The lowest BCUT2D eigenvalue weighted by Gasteiger charge is -2.18. The number of hydrogen-bond donors (Lipinski definition) is 2. The van der Waals surface area contributed by atoms with Gasteiger partial charge in [-0.3, -0.25) is 0 Å². The maximum Gasteiger partial charge on any atom is 0.416 e. The Bertz CT molecular complexity index is 385. The highest BCUT2D eigenvalue weighted by Crippen LogP contribution is 2.36. The van der Waals surface area contributed by atoms with E-state index in [1.54, 1.807) is 0 Å². The van der Waals surface area contributed by atoms with Gasteiger partial charge in [0.2, 0.25) is 0 Å². The Balaban J connectivity index is 0.00000289. The van der Waals surface area contributed by atoms with E-state index in [-0.39, 0.29) is 36.7 Å². The van der Waals surface area contributed by atoms with Crippen LogP contribution in [-0.4, -0.2) is 18.8 Å². The summed E-state index contributed by atoms with van der Waals surface area (Å²) < 4.78 is 43.1. The summed E-state index contributed by atoms with van der Waals surface area (Å²) in [7, 11) is 1.29. The first kappa shape index (κ1) is 17.0. The molecule has 0 radical (unpaired) electrons. The molecule has 1 aromatic rings. The number of methoxy groups -OCH3 is 1. The summed E-state index contributed by atoms with van der Waals surface area (Å²) in [6.07, 6.45) is -4.41. The van der Waals surface area contributed by atoms with E-state index in [9.17, 15) is 13.2 Å². The van der Waals surface area contributed by atoms with Gasteiger partial charge >= 0.3 is 6.18 Å². The highest BCUT2D eigenvalue weighted by atomic mass is 35.5. The van der Waals surface area contributed by atoms with Crippen molar-refractivity contribution >= 4 is 12.4 Å². The van der Waals surface area contributed by atoms with Gasteiger partial charge in [-0.1, -0.05) is 6.07 Å². The molecule has 0 aliphatic carbocycles. The first-order valence-corrected chi connectivity index (χ1v) is 5.01. The molecule has 1 atom stereocenters. The molecule has 0 amide bonds. The molecule has 1 rings (SSSR count). The molecule has 0 saturated heterocycles. The summed E-state index contributed by atoms with van der Waals surface area (Å²) in [5, 5.41) is 8.71. The summed E-state index contributed by atoms with van der Waals surface area (Å²) in [4.78, 5) is 0. The first-order chi connectivity index (χ1) is 7.90. The van der Waals surface area contributed by atoms with Gasteiger partial charge in [0, 0.05) is 12.6 Å². The van der Waals surface area contributed by atoms with Crippen LogP contribution in [0.25, 0.3) is 0 Å². The Morgan fingerprint density at radius 2 is 2.00 bits per heavy atom. The van der Waals surface area contributed by atoms with Crippen molar-refractivity contribution in [2.24, 2.45) is 5.73 Å². The fourth-order valence-corrected chi connectivity index (χ4v) is 1.53. The van der Waals surface area contributed by atoms with Gasteiger partial charge in [0.25, 0.3) is 0 Å². The zero-order valence-corrected chi connectivity index (χ0v) is 10.5. The van der Waals surface area contributed by atoms with Crippen molar-refractivity contribution in [2.45, 2.75) is 18.6 Å². The van der Waals surface area contributed by atoms with Crippen molar-refractivity contribution in [3.8, 4) is 5.75 Å². The SMILES string of the molecule is COc1ccc([C@@H](N)CCO)c(C(F)(F)F)c1.Cl. The molecule has 0 unspecified atom stereocenters. The van der Waals surface area contributed by atoms with Gasteiger partial charge < -0.3 is 15.6 Å². The Hall–Kier alpha value is -0.980. The third kappa shape index (κ3) is 4.04. The second kappa shape index (κ2) is 6.82. The molecule has 0 fully saturated rings. The van der Waals surface area contributed by atoms with E-state index in [0.717, 1.165) is 6.07 Å². The molecular weight excluding hydrogens is 271 g/mol. The van der Waals surface area contributed by atoms with Gasteiger partial charge in [-0.2, -0.15) is 13.2 Å². The molecule has 18 heavy (non-hydrogen) atoms. The molecule has 7 heteroatoms. The minimum Gasteiger partial charge on any atom is -0.497 e. The fourth-order valence-electron chi connectivity index (χ4n) is 1.53. The Morgan fingerprint density at radius 1 is 1.39 bits per heavy atom. The van der Waals surface area contributed by atoms with E-state index in [4.69, 9.17) is 15.6 Å². The standard InChI is InChI=1S/C11H14F3NO2.ClH/c1-17-7-2-3-8(10(15)4-5-16)9(6-7)11(12,13)14;/h2-3,6,10,16H,4-5,15H2,1H3;1H/t10-;/m0./s1. The first-order valence-electron chi connectivity index (χ1n) is 5.01. The molecule has 0 bridgehead atoms. The van der Waals surface area contributed by atoms with Crippen LogP contribution < -0.4 is 10.5 Å². The van der Waals surface area contributed by atoms with Crippen molar-refractivity contribution in [1.29, 1.82) is 0 Å². The maximum absolute atomic E-state index is 12.8. The summed E-state index contributed by atoms with van der Waals surface area (Å²) in [6, 6.07) is 2.76. The monoisotopic (exact) mass is 285 g/mol. The van der Waals surface area contributed by atoms with Gasteiger partial charge in [0.15, 0.2) is 0 Å². The molecule has 1 aromatic carbocycles. The molecule has 0 saturated carbocycles. The van der Waals surface area contributed by atoms with Crippen LogP contribution in [0.3, 0.4) is 0 Å². The zero-order valence-electron chi connectivity index (χ0n) is 9.70. The number of aliphatic hydroxyl groups excluding tert-OH is 1. The minimum atomic E-state index is -4.49. The molecular formula is C11H15ClF3NO2. The van der Waals surface area contributed by atoms with Crippen LogP contribution in [0.4, 0.5) is 13.2 Å². The van der Waals surface area contributed by atoms with E-state index >= 15 is 0 Å². The highest BCUT2D eigenvalue weighted by molar-refractivity contribution is 5.85. The topological polar surface area (TPSA) is 55.5 Å². The normalized spacial score (nSPS) is 12.8. The second-order valence-electron chi connectivity index (χ2n) is 3.57. The molecule has 0 heterocycles. The van der Waals surface area contributed by atoms with Crippen LogP contribution in [0.2, 0.25) is 0 Å². The predicted molar refractivity (Wildman–Crippen MR) is 63.9 cm³/mol. The fraction of sp³-hybridized carbons (Fsp3) is 0.455. The third-order valence-electron chi connectivity index (χ3n) is 2.41. The zero-order chi connectivity index (χ0) is 13.1. The average molecular weight is 286 g/mol. The van der Waals surface area contributed by atoms with Crippen LogP contribution in [0.5, 0.6) is 5.75 Å². The van der Waals surface area contributed by atoms with Crippen molar-refractivity contribution < 1.29 is 23.0 Å². The van der Waals surface area contributed by atoms with Gasteiger partial charge in [-0.05, 0) is 24.1 Å². The van der Waals surface area contributed by atoms with E-state index in [2.05, 4.69) is 0 Å². The predicted octanol–water partition coefficient (Wildman–Crippen LogP) is 2.52. The number of alkyl halides is 3. The van der Waals surface area contributed by atoms with Gasteiger partial charge in [0.05, 0.1) is 12.7 Å². The average Bonchev–Trinajstić information content (AvgIpc) is 2.27. The highest BCUT2D eigenvalue weighted by Gasteiger charge is 2.35. The van der Waals surface area contributed by atoms with Crippen molar-refractivity contribution in [3.63, 3.8) is 0 Å². The van der Waals surface area contributed by atoms with Crippen LogP contribution in [0, 0.1) is 0 Å². The van der Waals surface area contributed by atoms with E-state index in [0.29, 0.717) is 0 Å².